The fraction of sp³-hybridized carbons (Fsp3) is 0.240. The molecule has 33 heavy (non-hydrogen) atoms. The van der Waals surface area contributed by atoms with E-state index in [9.17, 15) is 9.59 Å². The third-order valence-corrected chi connectivity index (χ3v) is 7.05. The average Bonchev–Trinajstić information content (AvgIpc) is 3.29. The Morgan fingerprint density at radius 1 is 1.03 bits per heavy atom. The van der Waals surface area contributed by atoms with Crippen molar-refractivity contribution in [3.63, 3.8) is 0 Å². The van der Waals surface area contributed by atoms with Gasteiger partial charge in [-0.25, -0.2) is 4.98 Å². The number of rotatable bonds is 4. The van der Waals surface area contributed by atoms with Gasteiger partial charge < -0.3 is 13.9 Å². The maximum atomic E-state index is 13.8. The molecule has 168 valence electrons. The van der Waals surface area contributed by atoms with Crippen molar-refractivity contribution in [2.75, 3.05) is 19.1 Å². The summed E-state index contributed by atoms with van der Waals surface area (Å²) in [7, 11) is 3.12. The summed E-state index contributed by atoms with van der Waals surface area (Å²) in [6.45, 7) is 5.75. The summed E-state index contributed by atoms with van der Waals surface area (Å²) in [5, 5.41) is 0.928. The zero-order valence-electron chi connectivity index (χ0n) is 18.9. The number of thiazole rings is 1. The lowest BCUT2D eigenvalue weighted by Gasteiger charge is -2.24. The van der Waals surface area contributed by atoms with Crippen molar-refractivity contribution in [3.8, 4) is 11.5 Å². The maximum Gasteiger partial charge on any atom is 0.297 e. The number of aromatic nitrogens is 1. The van der Waals surface area contributed by atoms with Gasteiger partial charge in [-0.15, -0.1) is 11.3 Å². The van der Waals surface area contributed by atoms with Crippen LogP contribution in [-0.4, -0.2) is 25.1 Å². The number of ether oxygens (including phenoxy) is 2. The van der Waals surface area contributed by atoms with Crippen LogP contribution in [0.15, 0.2) is 45.6 Å². The molecule has 7 nitrogen and oxygen atoms in total. The Labute approximate surface area is 194 Å². The number of fused-ring (bicyclic) bond motifs is 2. The number of hydrogen-bond acceptors (Lipinski definition) is 7. The Morgan fingerprint density at radius 2 is 1.82 bits per heavy atom. The molecule has 1 aliphatic rings. The quantitative estimate of drug-likeness (QED) is 0.427. The molecule has 0 fully saturated rings. The smallest absolute Gasteiger partial charge is 0.297 e. The SMILES string of the molecule is COc1ccc(OC)c(C2c3c(oc4ccc(C)cc4c3=O)C(=O)N2c2nc(C)c(C)s2)c1. The number of hydrogen-bond donors (Lipinski definition) is 0. The van der Waals surface area contributed by atoms with Gasteiger partial charge in [0.1, 0.15) is 23.1 Å². The highest BCUT2D eigenvalue weighted by Gasteiger charge is 2.46. The molecule has 0 spiro atoms. The van der Waals surface area contributed by atoms with Crippen LogP contribution in [0.25, 0.3) is 11.0 Å². The summed E-state index contributed by atoms with van der Waals surface area (Å²) >= 11 is 1.40. The van der Waals surface area contributed by atoms with E-state index in [1.165, 1.54) is 16.2 Å². The van der Waals surface area contributed by atoms with Gasteiger partial charge in [0, 0.05) is 10.4 Å². The molecule has 1 aliphatic heterocycles. The second-order valence-electron chi connectivity index (χ2n) is 8.00. The van der Waals surface area contributed by atoms with Crippen molar-refractivity contribution >= 4 is 33.3 Å². The molecule has 5 rings (SSSR count). The molecule has 3 heterocycles. The van der Waals surface area contributed by atoms with E-state index in [0.29, 0.717) is 33.2 Å². The van der Waals surface area contributed by atoms with E-state index in [1.807, 2.05) is 26.8 Å². The van der Waals surface area contributed by atoms with Gasteiger partial charge in [0.25, 0.3) is 5.91 Å². The Hall–Kier alpha value is -3.65. The van der Waals surface area contributed by atoms with Crippen molar-refractivity contribution in [1.29, 1.82) is 0 Å². The molecule has 0 radical (unpaired) electrons. The number of anilines is 1. The number of amides is 1. The summed E-state index contributed by atoms with van der Waals surface area (Å²) in [5.41, 5.74) is 2.78. The second-order valence-corrected chi connectivity index (χ2v) is 9.18. The first-order valence-corrected chi connectivity index (χ1v) is 11.2. The van der Waals surface area contributed by atoms with Crippen molar-refractivity contribution < 1.29 is 18.7 Å². The number of nitrogens with zero attached hydrogens (tertiary/aromatic N) is 2. The van der Waals surface area contributed by atoms with Crippen molar-refractivity contribution in [2.45, 2.75) is 26.8 Å². The molecule has 1 unspecified atom stereocenters. The van der Waals surface area contributed by atoms with E-state index >= 15 is 0 Å². The van der Waals surface area contributed by atoms with Gasteiger partial charge in [-0.2, -0.15) is 0 Å². The van der Waals surface area contributed by atoms with Crippen molar-refractivity contribution in [2.24, 2.45) is 0 Å². The van der Waals surface area contributed by atoms with Gasteiger partial charge in [-0.1, -0.05) is 11.6 Å². The summed E-state index contributed by atoms with van der Waals surface area (Å²) in [6, 6.07) is 9.90. The summed E-state index contributed by atoms with van der Waals surface area (Å²) in [5.74, 6) is 0.726. The lowest BCUT2D eigenvalue weighted by molar-refractivity contribution is 0.0970. The third-order valence-electron chi connectivity index (χ3n) is 5.98. The minimum Gasteiger partial charge on any atom is -0.497 e. The van der Waals surface area contributed by atoms with Gasteiger partial charge in [0.05, 0.1) is 30.9 Å². The van der Waals surface area contributed by atoms with Gasteiger partial charge in [0.2, 0.25) is 5.76 Å². The minimum absolute atomic E-state index is 0.0248. The normalized spacial score (nSPS) is 15.2. The number of benzene rings is 2. The zero-order chi connectivity index (χ0) is 23.4. The molecular formula is C25H22N2O5S. The van der Waals surface area contributed by atoms with Crippen LogP contribution >= 0.6 is 11.3 Å². The lowest BCUT2D eigenvalue weighted by Crippen LogP contribution is -2.29. The average molecular weight is 463 g/mol. The van der Waals surface area contributed by atoms with E-state index in [2.05, 4.69) is 4.98 Å². The first kappa shape index (κ1) is 21.2. The highest BCUT2D eigenvalue weighted by molar-refractivity contribution is 7.15. The molecule has 1 atom stereocenters. The maximum absolute atomic E-state index is 13.8. The highest BCUT2D eigenvalue weighted by Crippen LogP contribution is 2.46. The van der Waals surface area contributed by atoms with E-state index in [1.54, 1.807) is 44.6 Å². The molecule has 0 aliphatic carbocycles. The molecule has 0 bridgehead atoms. The van der Waals surface area contributed by atoms with Crippen LogP contribution in [0.5, 0.6) is 11.5 Å². The highest BCUT2D eigenvalue weighted by atomic mass is 32.1. The van der Waals surface area contributed by atoms with E-state index in [-0.39, 0.29) is 16.8 Å². The van der Waals surface area contributed by atoms with Crippen molar-refractivity contribution in [1.82, 2.24) is 4.98 Å². The Balaban J connectivity index is 1.86. The van der Waals surface area contributed by atoms with Crippen LogP contribution in [0, 0.1) is 20.8 Å². The van der Waals surface area contributed by atoms with Crippen LogP contribution in [-0.2, 0) is 0 Å². The van der Waals surface area contributed by atoms with Crippen LogP contribution in [0.4, 0.5) is 5.13 Å². The van der Waals surface area contributed by atoms with Crippen LogP contribution in [0.2, 0.25) is 0 Å². The van der Waals surface area contributed by atoms with Crippen LogP contribution < -0.4 is 19.8 Å². The van der Waals surface area contributed by atoms with Crippen molar-refractivity contribution in [3.05, 3.63) is 79.6 Å². The number of methoxy groups -OCH3 is 2. The zero-order valence-corrected chi connectivity index (χ0v) is 19.7. The fourth-order valence-electron chi connectivity index (χ4n) is 4.19. The summed E-state index contributed by atoms with van der Waals surface area (Å²) in [4.78, 5) is 34.6. The number of carbonyl (C=O) groups is 1. The predicted octanol–water partition coefficient (Wildman–Crippen LogP) is 4.94. The van der Waals surface area contributed by atoms with Gasteiger partial charge in [0.15, 0.2) is 10.6 Å². The standard InChI is InChI=1S/C25H22N2O5S/c1-12-6-8-19-17(10-12)22(28)20-21(16-11-15(30-4)7-9-18(16)31-5)27(24(29)23(20)32-19)25-26-13(2)14(3)33-25/h6-11,21H,1-5H3. The molecule has 1 amide bonds. The molecule has 2 aromatic carbocycles. The van der Waals surface area contributed by atoms with Gasteiger partial charge >= 0.3 is 0 Å². The van der Waals surface area contributed by atoms with Crippen LogP contribution in [0.1, 0.15) is 43.9 Å². The van der Waals surface area contributed by atoms with Gasteiger partial charge in [-0.3, -0.25) is 14.5 Å². The molecular weight excluding hydrogens is 440 g/mol. The number of aryl methyl sites for hydroxylation is 3. The van der Waals surface area contributed by atoms with E-state index in [0.717, 1.165) is 16.1 Å². The Morgan fingerprint density at radius 3 is 2.48 bits per heavy atom. The van der Waals surface area contributed by atoms with E-state index in [4.69, 9.17) is 13.9 Å². The Bertz CT molecular complexity index is 1470. The Kier molecular flexibility index (Phi) is 4.97. The molecule has 0 saturated heterocycles. The first-order chi connectivity index (χ1) is 15.8. The minimum atomic E-state index is -0.774. The summed E-state index contributed by atoms with van der Waals surface area (Å²) < 4.78 is 17.1. The fourth-order valence-corrected chi connectivity index (χ4v) is 5.13. The van der Waals surface area contributed by atoms with E-state index < -0.39 is 11.9 Å². The number of carbonyl (C=O) groups excluding carboxylic acids is 1. The molecule has 4 aromatic rings. The van der Waals surface area contributed by atoms with Crippen LogP contribution in [0.3, 0.4) is 0 Å². The topological polar surface area (TPSA) is 81.9 Å². The third kappa shape index (κ3) is 3.21. The first-order valence-electron chi connectivity index (χ1n) is 10.4. The predicted molar refractivity (Wildman–Crippen MR) is 127 cm³/mol. The summed E-state index contributed by atoms with van der Waals surface area (Å²) in [6.07, 6.45) is 0. The lowest BCUT2D eigenvalue weighted by atomic mass is 9.97. The second kappa shape index (κ2) is 7.74. The molecule has 0 saturated carbocycles. The molecule has 8 heteroatoms. The largest absolute Gasteiger partial charge is 0.497 e. The monoisotopic (exact) mass is 462 g/mol. The molecule has 0 N–H and O–H groups in total. The molecule has 2 aromatic heterocycles. The van der Waals surface area contributed by atoms with Gasteiger partial charge in [-0.05, 0) is 51.1 Å².